The van der Waals surface area contributed by atoms with Gasteiger partial charge in [-0.15, -0.1) is 0 Å². The van der Waals surface area contributed by atoms with Gasteiger partial charge in [-0.2, -0.15) is 0 Å². The fourth-order valence-corrected chi connectivity index (χ4v) is 4.60. The van der Waals surface area contributed by atoms with Crippen molar-refractivity contribution in [3.63, 3.8) is 0 Å². The van der Waals surface area contributed by atoms with Gasteiger partial charge < -0.3 is 0 Å². The zero-order valence-electron chi connectivity index (χ0n) is 10.7. The average Bonchev–Trinajstić information content (AvgIpc) is 2.31. The third-order valence-electron chi connectivity index (χ3n) is 3.60. The van der Waals surface area contributed by atoms with E-state index >= 15 is 0 Å². The topological polar surface area (TPSA) is 46.2 Å². The summed E-state index contributed by atoms with van der Waals surface area (Å²) in [5, 5.41) is 0.582. The maximum absolute atomic E-state index is 12.3. The van der Waals surface area contributed by atoms with E-state index < -0.39 is 10.0 Å². The van der Waals surface area contributed by atoms with Gasteiger partial charge in [-0.05, 0) is 37.0 Å². The van der Waals surface area contributed by atoms with Crippen molar-refractivity contribution in [1.29, 1.82) is 0 Å². The molecule has 1 aliphatic rings. The predicted octanol–water partition coefficient (Wildman–Crippen LogP) is 3.85. The Bertz CT molecular complexity index is 560. The standard InChI is InChI=1S/C13H17Cl2NO2S/c1-9-4-2-3-5-12(9)16-19(17,18)13-7-6-10(14)8-11(13)15/h6-9,12,16H,2-5H2,1H3/t9-,12-/m0/s1. The molecule has 1 saturated carbocycles. The third kappa shape index (κ3) is 3.63. The molecule has 0 spiro atoms. The molecule has 0 saturated heterocycles. The van der Waals surface area contributed by atoms with Crippen LogP contribution in [0.1, 0.15) is 32.6 Å². The molecule has 6 heteroatoms. The van der Waals surface area contributed by atoms with Crippen LogP contribution in [-0.2, 0) is 10.0 Å². The summed E-state index contributed by atoms with van der Waals surface area (Å²) < 4.78 is 27.4. The van der Waals surface area contributed by atoms with Crippen LogP contribution in [0.15, 0.2) is 23.1 Å². The van der Waals surface area contributed by atoms with E-state index in [0.29, 0.717) is 10.9 Å². The summed E-state index contributed by atoms with van der Waals surface area (Å²) in [6.45, 7) is 2.08. The third-order valence-corrected chi connectivity index (χ3v) is 5.81. The maximum atomic E-state index is 12.3. The monoisotopic (exact) mass is 321 g/mol. The lowest BCUT2D eigenvalue weighted by molar-refractivity contribution is 0.310. The Morgan fingerprint density at radius 2 is 1.89 bits per heavy atom. The van der Waals surface area contributed by atoms with Crippen LogP contribution in [0.5, 0.6) is 0 Å². The first-order chi connectivity index (χ1) is 8.90. The van der Waals surface area contributed by atoms with E-state index in [1.807, 2.05) is 0 Å². The van der Waals surface area contributed by atoms with E-state index in [-0.39, 0.29) is 16.0 Å². The Labute approximate surface area is 124 Å². The highest BCUT2D eigenvalue weighted by atomic mass is 35.5. The second-order valence-electron chi connectivity index (χ2n) is 5.06. The number of hydrogen-bond donors (Lipinski definition) is 1. The molecular formula is C13H17Cl2NO2S. The summed E-state index contributed by atoms with van der Waals surface area (Å²) >= 11 is 11.7. The highest BCUT2D eigenvalue weighted by molar-refractivity contribution is 7.89. The Balaban J connectivity index is 2.22. The van der Waals surface area contributed by atoms with Crippen LogP contribution in [-0.4, -0.2) is 14.5 Å². The number of sulfonamides is 1. The number of halogens is 2. The highest BCUT2D eigenvalue weighted by Crippen LogP contribution is 2.28. The summed E-state index contributed by atoms with van der Waals surface area (Å²) in [7, 11) is -3.58. The smallest absolute Gasteiger partial charge is 0.208 e. The Hall–Kier alpha value is -0.290. The van der Waals surface area contributed by atoms with E-state index in [1.54, 1.807) is 0 Å². The largest absolute Gasteiger partial charge is 0.242 e. The van der Waals surface area contributed by atoms with Gasteiger partial charge in [-0.25, -0.2) is 13.1 Å². The Kier molecular flexibility index (Phi) is 4.77. The van der Waals surface area contributed by atoms with Crippen LogP contribution in [0.4, 0.5) is 0 Å². The van der Waals surface area contributed by atoms with Crippen LogP contribution >= 0.6 is 23.2 Å². The Morgan fingerprint density at radius 1 is 1.21 bits per heavy atom. The van der Waals surface area contributed by atoms with Crippen molar-refractivity contribution in [3.8, 4) is 0 Å². The van der Waals surface area contributed by atoms with Gasteiger partial charge in [0.15, 0.2) is 0 Å². The van der Waals surface area contributed by atoms with Gasteiger partial charge in [0.2, 0.25) is 10.0 Å². The predicted molar refractivity (Wildman–Crippen MR) is 78.2 cm³/mol. The molecule has 1 fully saturated rings. The lowest BCUT2D eigenvalue weighted by Crippen LogP contribution is -2.41. The van der Waals surface area contributed by atoms with Crippen molar-refractivity contribution >= 4 is 33.2 Å². The van der Waals surface area contributed by atoms with Crippen LogP contribution in [0, 0.1) is 5.92 Å². The molecule has 0 aliphatic heterocycles. The zero-order valence-corrected chi connectivity index (χ0v) is 13.0. The van der Waals surface area contributed by atoms with E-state index in [4.69, 9.17) is 23.2 Å². The van der Waals surface area contributed by atoms with E-state index in [9.17, 15) is 8.42 Å². The molecule has 0 unspecified atom stereocenters. The number of nitrogens with one attached hydrogen (secondary N) is 1. The molecule has 0 radical (unpaired) electrons. The van der Waals surface area contributed by atoms with Crippen molar-refractivity contribution in [2.24, 2.45) is 5.92 Å². The summed E-state index contributed by atoms with van der Waals surface area (Å²) in [5.41, 5.74) is 0. The molecule has 19 heavy (non-hydrogen) atoms. The van der Waals surface area contributed by atoms with Crippen molar-refractivity contribution in [2.45, 2.75) is 43.5 Å². The summed E-state index contributed by atoms with van der Waals surface area (Å²) in [4.78, 5) is 0.0938. The molecule has 1 aromatic carbocycles. The fourth-order valence-electron chi connectivity index (χ4n) is 2.45. The van der Waals surface area contributed by atoms with E-state index in [2.05, 4.69) is 11.6 Å². The SMILES string of the molecule is C[C@H]1CCCC[C@@H]1NS(=O)(=O)c1ccc(Cl)cc1Cl. The molecule has 0 bridgehead atoms. The Morgan fingerprint density at radius 3 is 2.53 bits per heavy atom. The van der Waals surface area contributed by atoms with Gasteiger partial charge >= 0.3 is 0 Å². The summed E-state index contributed by atoms with van der Waals surface area (Å²) in [6, 6.07) is 4.42. The molecule has 0 aromatic heterocycles. The molecule has 106 valence electrons. The lowest BCUT2D eigenvalue weighted by Gasteiger charge is -2.29. The first-order valence-corrected chi connectivity index (χ1v) is 8.61. The molecule has 2 atom stereocenters. The second-order valence-corrected chi connectivity index (χ2v) is 7.59. The molecule has 0 heterocycles. The second kappa shape index (κ2) is 6.00. The summed E-state index contributed by atoms with van der Waals surface area (Å²) in [5.74, 6) is 0.356. The highest BCUT2D eigenvalue weighted by Gasteiger charge is 2.27. The summed E-state index contributed by atoms with van der Waals surface area (Å²) in [6.07, 6.45) is 4.17. The van der Waals surface area contributed by atoms with Crippen LogP contribution in [0.2, 0.25) is 10.0 Å². The van der Waals surface area contributed by atoms with Gasteiger partial charge in [0.05, 0.1) is 5.02 Å². The lowest BCUT2D eigenvalue weighted by atomic mass is 9.87. The van der Waals surface area contributed by atoms with E-state index in [1.165, 1.54) is 24.6 Å². The fraction of sp³-hybridized carbons (Fsp3) is 0.538. The van der Waals surface area contributed by atoms with Crippen molar-refractivity contribution < 1.29 is 8.42 Å². The van der Waals surface area contributed by atoms with Gasteiger partial charge in [0.1, 0.15) is 4.90 Å². The van der Waals surface area contributed by atoms with E-state index in [0.717, 1.165) is 19.3 Å². The normalized spacial score (nSPS) is 24.4. The number of benzene rings is 1. The average molecular weight is 322 g/mol. The molecule has 1 N–H and O–H groups in total. The van der Waals surface area contributed by atoms with Gasteiger partial charge in [-0.3, -0.25) is 0 Å². The van der Waals surface area contributed by atoms with Crippen molar-refractivity contribution in [3.05, 3.63) is 28.2 Å². The minimum Gasteiger partial charge on any atom is -0.208 e. The molecule has 1 aliphatic carbocycles. The molecule has 2 rings (SSSR count). The number of hydrogen-bond acceptors (Lipinski definition) is 2. The quantitative estimate of drug-likeness (QED) is 0.919. The molecule has 1 aromatic rings. The van der Waals surface area contributed by atoms with Crippen LogP contribution < -0.4 is 4.72 Å². The zero-order chi connectivity index (χ0) is 14.0. The first-order valence-electron chi connectivity index (χ1n) is 6.37. The van der Waals surface area contributed by atoms with Crippen molar-refractivity contribution in [1.82, 2.24) is 4.72 Å². The molecular weight excluding hydrogens is 305 g/mol. The maximum Gasteiger partial charge on any atom is 0.242 e. The number of rotatable bonds is 3. The first kappa shape index (κ1) is 15.1. The van der Waals surface area contributed by atoms with Crippen LogP contribution in [0.25, 0.3) is 0 Å². The minimum atomic E-state index is -3.58. The minimum absolute atomic E-state index is 0.00880. The molecule has 0 amide bonds. The van der Waals surface area contributed by atoms with Gasteiger partial charge in [0, 0.05) is 11.1 Å². The van der Waals surface area contributed by atoms with Gasteiger partial charge in [0.25, 0.3) is 0 Å². The van der Waals surface area contributed by atoms with Crippen molar-refractivity contribution in [2.75, 3.05) is 0 Å². The van der Waals surface area contributed by atoms with Gasteiger partial charge in [-0.1, -0.05) is 43.0 Å². The molecule has 3 nitrogen and oxygen atoms in total. The van der Waals surface area contributed by atoms with Crippen LogP contribution in [0.3, 0.4) is 0 Å².